The smallest absolute Gasteiger partial charge is 0.475 e. The van der Waals surface area contributed by atoms with Gasteiger partial charge in [-0.1, -0.05) is 0 Å². The maximum absolute atomic E-state index is 10.6. The van der Waals surface area contributed by atoms with Crippen LogP contribution in [0.15, 0.2) is 28.9 Å². The van der Waals surface area contributed by atoms with Gasteiger partial charge in [0.15, 0.2) is 0 Å². The lowest BCUT2D eigenvalue weighted by atomic mass is 10.1. The molecule has 4 rings (SSSR count). The minimum absolute atomic E-state index is 0.541. The van der Waals surface area contributed by atoms with Gasteiger partial charge >= 0.3 is 24.3 Å². The molecule has 200 valence electrons. The second-order valence-electron chi connectivity index (χ2n) is 7.98. The van der Waals surface area contributed by atoms with E-state index in [1.165, 1.54) is 18.4 Å². The van der Waals surface area contributed by atoms with Crippen LogP contribution in [0.25, 0.3) is 0 Å². The van der Waals surface area contributed by atoms with Gasteiger partial charge in [0.2, 0.25) is 5.95 Å². The molecular formula is C21H24F6N4O5. The number of rotatable bonds is 3. The van der Waals surface area contributed by atoms with Gasteiger partial charge in [-0.3, -0.25) is 4.90 Å². The van der Waals surface area contributed by atoms with E-state index in [9.17, 15) is 26.3 Å². The number of alkyl halides is 6. The van der Waals surface area contributed by atoms with Crippen molar-refractivity contribution in [1.82, 2.24) is 14.9 Å². The lowest BCUT2D eigenvalue weighted by molar-refractivity contribution is -0.193. The number of fused-ring (bicyclic) bond motifs is 1. The lowest BCUT2D eigenvalue weighted by Gasteiger charge is -2.25. The summed E-state index contributed by atoms with van der Waals surface area (Å²) in [5, 5.41) is 14.2. The fourth-order valence-electron chi connectivity index (χ4n) is 3.89. The maximum Gasteiger partial charge on any atom is 0.490 e. The first-order chi connectivity index (χ1) is 16.6. The molecule has 4 heterocycles. The molecule has 2 atom stereocenters. The van der Waals surface area contributed by atoms with E-state index in [1.807, 2.05) is 25.4 Å². The molecule has 0 radical (unpaired) electrons. The Kier molecular flexibility index (Phi) is 9.29. The summed E-state index contributed by atoms with van der Waals surface area (Å²) in [4.78, 5) is 31.6. The predicted molar refractivity (Wildman–Crippen MR) is 112 cm³/mol. The lowest BCUT2D eigenvalue weighted by Crippen LogP contribution is -2.36. The molecule has 2 aliphatic rings. The summed E-state index contributed by atoms with van der Waals surface area (Å²) < 4.78 is 69.3. The monoisotopic (exact) mass is 526 g/mol. The summed E-state index contributed by atoms with van der Waals surface area (Å²) in [5.74, 6) is -2.51. The summed E-state index contributed by atoms with van der Waals surface area (Å²) in [6, 6.07) is 5.18. The summed E-state index contributed by atoms with van der Waals surface area (Å²) in [5.41, 5.74) is 1.25. The molecule has 0 spiro atoms. The van der Waals surface area contributed by atoms with Crippen molar-refractivity contribution in [2.75, 3.05) is 18.0 Å². The van der Waals surface area contributed by atoms with E-state index in [4.69, 9.17) is 24.2 Å². The average Bonchev–Trinajstić information content (AvgIpc) is 3.45. The van der Waals surface area contributed by atoms with E-state index < -0.39 is 24.3 Å². The van der Waals surface area contributed by atoms with Gasteiger partial charge in [-0.05, 0) is 44.4 Å². The molecule has 36 heavy (non-hydrogen) atoms. The number of hydrogen-bond acceptors (Lipinski definition) is 7. The molecular weight excluding hydrogens is 502 g/mol. The van der Waals surface area contributed by atoms with Crippen LogP contribution in [0.2, 0.25) is 0 Å². The number of nitrogens with zero attached hydrogens (tertiary/aromatic N) is 4. The molecule has 0 bridgehead atoms. The number of carboxylic acid groups (broad SMARTS) is 2. The molecule has 15 heteroatoms. The van der Waals surface area contributed by atoms with Crippen molar-refractivity contribution in [2.24, 2.45) is 0 Å². The molecule has 9 nitrogen and oxygen atoms in total. The van der Waals surface area contributed by atoms with Crippen LogP contribution in [0, 0.1) is 13.8 Å². The Morgan fingerprint density at radius 1 is 0.972 bits per heavy atom. The second kappa shape index (κ2) is 11.6. The molecule has 0 saturated carbocycles. The van der Waals surface area contributed by atoms with E-state index in [2.05, 4.69) is 32.8 Å². The van der Waals surface area contributed by atoms with Gasteiger partial charge in [-0.25, -0.2) is 19.6 Å². The molecule has 0 unspecified atom stereocenters. The molecule has 2 N–H and O–H groups in total. The molecule has 2 aromatic rings. The average molecular weight is 526 g/mol. The number of aromatic nitrogens is 2. The first-order valence-corrected chi connectivity index (χ1v) is 10.5. The molecule has 0 amide bonds. The van der Waals surface area contributed by atoms with Crippen LogP contribution in [-0.4, -0.2) is 74.5 Å². The van der Waals surface area contributed by atoms with Crippen LogP contribution in [-0.2, 0) is 16.1 Å². The Morgan fingerprint density at radius 3 is 1.92 bits per heavy atom. The van der Waals surface area contributed by atoms with Crippen LogP contribution in [0.4, 0.5) is 32.3 Å². The number of aryl methyl sites for hydroxylation is 2. The number of furan rings is 1. The molecule has 2 aromatic heterocycles. The Bertz CT molecular complexity index is 985. The van der Waals surface area contributed by atoms with Crippen LogP contribution >= 0.6 is 0 Å². The van der Waals surface area contributed by atoms with Crippen molar-refractivity contribution in [3.8, 4) is 0 Å². The largest absolute Gasteiger partial charge is 0.490 e. The van der Waals surface area contributed by atoms with Gasteiger partial charge in [0, 0.05) is 37.6 Å². The van der Waals surface area contributed by atoms with Gasteiger partial charge in [-0.15, -0.1) is 0 Å². The van der Waals surface area contributed by atoms with Gasteiger partial charge in [0.25, 0.3) is 0 Å². The van der Waals surface area contributed by atoms with E-state index >= 15 is 0 Å². The van der Waals surface area contributed by atoms with Crippen LogP contribution in [0.1, 0.15) is 29.9 Å². The SMILES string of the molecule is Cc1cc(CN2CC[C@H]3[C@H]2CCN3c2ncccn2)oc1C.O=C(O)C(F)(F)F.O=C(O)C(F)(F)F. The number of anilines is 1. The summed E-state index contributed by atoms with van der Waals surface area (Å²) >= 11 is 0. The number of likely N-dealkylation sites (tertiary alicyclic amines) is 1. The summed E-state index contributed by atoms with van der Waals surface area (Å²) in [7, 11) is 0. The van der Waals surface area contributed by atoms with Gasteiger partial charge in [-0.2, -0.15) is 26.3 Å². The highest BCUT2D eigenvalue weighted by molar-refractivity contribution is 5.73. The van der Waals surface area contributed by atoms with Crippen molar-refractivity contribution < 1.29 is 50.6 Å². The number of carboxylic acids is 2. The fourth-order valence-corrected chi connectivity index (χ4v) is 3.89. The van der Waals surface area contributed by atoms with E-state index in [1.54, 1.807) is 0 Å². The third-order valence-electron chi connectivity index (χ3n) is 5.56. The quantitative estimate of drug-likeness (QED) is 0.576. The fraction of sp³-hybridized carbons (Fsp3) is 0.524. The van der Waals surface area contributed by atoms with E-state index in [0.717, 1.165) is 37.1 Å². The van der Waals surface area contributed by atoms with Gasteiger partial charge in [0.1, 0.15) is 11.5 Å². The van der Waals surface area contributed by atoms with Crippen molar-refractivity contribution in [3.63, 3.8) is 0 Å². The zero-order chi connectivity index (χ0) is 27.3. The minimum Gasteiger partial charge on any atom is -0.475 e. The zero-order valence-electron chi connectivity index (χ0n) is 19.2. The zero-order valence-corrected chi connectivity index (χ0v) is 19.2. The van der Waals surface area contributed by atoms with E-state index in [-0.39, 0.29) is 0 Å². The summed E-state index contributed by atoms with van der Waals surface area (Å²) in [6.07, 6.45) is -4.14. The van der Waals surface area contributed by atoms with Gasteiger partial charge < -0.3 is 19.5 Å². The predicted octanol–water partition coefficient (Wildman–Crippen LogP) is 3.81. The standard InChI is InChI=1S/C17H22N4O.2C2HF3O2/c1-12-10-14(22-13(12)2)11-20-8-4-16-15(20)5-9-21(16)17-18-6-3-7-19-17;2*3-2(4,5)1(6)7/h3,6-7,10,15-16H,4-5,8-9,11H2,1-2H3;2*(H,6,7)/t15-,16+;;/m1../s1. The normalized spacial score (nSPS) is 19.6. The van der Waals surface area contributed by atoms with Crippen LogP contribution in [0.5, 0.6) is 0 Å². The molecule has 2 aliphatic heterocycles. The Hall–Kier alpha value is -3.36. The Labute approximate surface area is 201 Å². The third kappa shape index (κ3) is 7.83. The number of hydrogen-bond donors (Lipinski definition) is 2. The minimum atomic E-state index is -5.08. The highest BCUT2D eigenvalue weighted by atomic mass is 19.4. The van der Waals surface area contributed by atoms with Gasteiger partial charge in [0.05, 0.1) is 6.54 Å². The molecule has 2 saturated heterocycles. The molecule has 2 fully saturated rings. The molecule has 0 aliphatic carbocycles. The summed E-state index contributed by atoms with van der Waals surface area (Å²) in [6.45, 7) is 7.23. The number of halogens is 6. The van der Waals surface area contributed by atoms with Crippen molar-refractivity contribution in [3.05, 3.63) is 41.6 Å². The van der Waals surface area contributed by atoms with E-state index in [0.29, 0.717) is 12.1 Å². The first kappa shape index (κ1) is 28.9. The highest BCUT2D eigenvalue weighted by Crippen LogP contribution is 2.34. The first-order valence-electron chi connectivity index (χ1n) is 10.5. The number of carbonyl (C=O) groups is 2. The van der Waals surface area contributed by atoms with Crippen LogP contribution in [0.3, 0.4) is 0 Å². The third-order valence-corrected chi connectivity index (χ3v) is 5.56. The van der Waals surface area contributed by atoms with Crippen molar-refractivity contribution >= 4 is 17.9 Å². The molecule has 0 aromatic carbocycles. The topological polar surface area (TPSA) is 120 Å². The van der Waals surface area contributed by atoms with Crippen LogP contribution < -0.4 is 4.90 Å². The van der Waals surface area contributed by atoms with Crippen molar-refractivity contribution in [2.45, 2.75) is 57.7 Å². The Balaban J connectivity index is 0.000000271. The Morgan fingerprint density at radius 2 is 1.47 bits per heavy atom. The van der Waals surface area contributed by atoms with Crippen molar-refractivity contribution in [1.29, 1.82) is 0 Å². The highest BCUT2D eigenvalue weighted by Gasteiger charge is 2.43. The second-order valence-corrected chi connectivity index (χ2v) is 7.98. The number of aliphatic carboxylic acids is 2. The maximum atomic E-state index is 10.6.